The van der Waals surface area contributed by atoms with Crippen molar-refractivity contribution >= 4 is 33.3 Å². The first kappa shape index (κ1) is 17.4. The van der Waals surface area contributed by atoms with E-state index in [0.717, 1.165) is 10.0 Å². The lowest BCUT2D eigenvalue weighted by molar-refractivity contribution is -0.117. The van der Waals surface area contributed by atoms with Gasteiger partial charge in [-0.3, -0.25) is 14.5 Å². The Bertz CT molecular complexity index is 716. The molecular formula is C18H19BrN2O2. The van der Waals surface area contributed by atoms with Gasteiger partial charge in [-0.2, -0.15) is 0 Å². The number of amides is 1. The van der Waals surface area contributed by atoms with Gasteiger partial charge >= 0.3 is 0 Å². The highest BCUT2D eigenvalue weighted by Crippen LogP contribution is 2.18. The molecular weight excluding hydrogens is 356 g/mol. The molecule has 4 nitrogen and oxygen atoms in total. The number of carbonyl (C=O) groups excluding carboxylic acids is 2. The summed E-state index contributed by atoms with van der Waals surface area (Å²) in [5, 5.41) is 2.81. The number of hydrogen-bond donors (Lipinski definition) is 1. The fraction of sp³-hybridized carbons (Fsp3) is 0.222. The second kappa shape index (κ2) is 8.04. The molecule has 5 heteroatoms. The van der Waals surface area contributed by atoms with Crippen LogP contribution in [0.15, 0.2) is 53.0 Å². The van der Waals surface area contributed by atoms with E-state index in [1.54, 1.807) is 24.3 Å². The van der Waals surface area contributed by atoms with Gasteiger partial charge in [0.05, 0.1) is 12.2 Å². The van der Waals surface area contributed by atoms with Crippen molar-refractivity contribution < 1.29 is 9.59 Å². The fourth-order valence-corrected chi connectivity index (χ4v) is 2.72. The monoisotopic (exact) mass is 374 g/mol. The maximum absolute atomic E-state index is 12.2. The molecule has 0 fully saturated rings. The second-order valence-corrected chi connectivity index (χ2v) is 6.27. The molecule has 0 saturated heterocycles. The highest BCUT2D eigenvalue weighted by Gasteiger charge is 2.12. The summed E-state index contributed by atoms with van der Waals surface area (Å²) in [6, 6.07) is 15.0. The van der Waals surface area contributed by atoms with E-state index in [1.165, 1.54) is 6.92 Å². The highest BCUT2D eigenvalue weighted by molar-refractivity contribution is 9.10. The van der Waals surface area contributed by atoms with Crippen LogP contribution in [0, 0.1) is 0 Å². The van der Waals surface area contributed by atoms with Crippen molar-refractivity contribution in [2.24, 2.45) is 0 Å². The zero-order valence-corrected chi connectivity index (χ0v) is 14.8. The van der Waals surface area contributed by atoms with Gasteiger partial charge in [0.2, 0.25) is 5.91 Å². The number of para-hydroxylation sites is 1. The van der Waals surface area contributed by atoms with Crippen LogP contribution in [0.5, 0.6) is 0 Å². The Kier molecular flexibility index (Phi) is 6.07. The van der Waals surface area contributed by atoms with Gasteiger partial charge in [0.15, 0.2) is 5.78 Å². The summed E-state index contributed by atoms with van der Waals surface area (Å²) in [7, 11) is 1.88. The number of ketones is 1. The molecule has 0 unspecified atom stereocenters. The van der Waals surface area contributed by atoms with Gasteiger partial charge in [0.25, 0.3) is 0 Å². The summed E-state index contributed by atoms with van der Waals surface area (Å²) >= 11 is 3.51. The summed E-state index contributed by atoms with van der Waals surface area (Å²) < 4.78 is 1.02. The van der Waals surface area contributed by atoms with Crippen molar-refractivity contribution in [3.8, 4) is 0 Å². The smallest absolute Gasteiger partial charge is 0.238 e. The molecule has 0 bridgehead atoms. The van der Waals surface area contributed by atoms with Gasteiger partial charge in [-0.25, -0.2) is 0 Å². The number of hydrogen-bond acceptors (Lipinski definition) is 3. The molecule has 0 aliphatic carbocycles. The standard InChI is InChI=1S/C18H19BrN2O2/c1-13(22)15-8-4-6-10-17(15)20-18(23)12-21(2)11-14-7-3-5-9-16(14)19/h3-10H,11-12H2,1-2H3,(H,20,23). The molecule has 2 aromatic rings. The molecule has 0 saturated carbocycles. The average Bonchev–Trinajstić information content (AvgIpc) is 2.49. The van der Waals surface area contributed by atoms with Crippen LogP contribution in [0.3, 0.4) is 0 Å². The Morgan fingerprint density at radius 1 is 1.09 bits per heavy atom. The maximum Gasteiger partial charge on any atom is 0.238 e. The molecule has 0 spiro atoms. The minimum atomic E-state index is -0.145. The predicted molar refractivity (Wildman–Crippen MR) is 95.6 cm³/mol. The number of carbonyl (C=O) groups is 2. The molecule has 0 aliphatic heterocycles. The Labute approximate surface area is 144 Å². The van der Waals surface area contributed by atoms with Crippen LogP contribution in [-0.2, 0) is 11.3 Å². The summed E-state index contributed by atoms with van der Waals surface area (Å²) in [4.78, 5) is 25.7. The first-order valence-electron chi connectivity index (χ1n) is 7.29. The van der Waals surface area contributed by atoms with E-state index in [4.69, 9.17) is 0 Å². The lowest BCUT2D eigenvalue weighted by Gasteiger charge is -2.17. The Morgan fingerprint density at radius 2 is 1.74 bits per heavy atom. The van der Waals surface area contributed by atoms with Crippen molar-refractivity contribution in [1.82, 2.24) is 4.90 Å². The van der Waals surface area contributed by atoms with Crippen molar-refractivity contribution in [3.63, 3.8) is 0 Å². The van der Waals surface area contributed by atoms with Gasteiger partial charge in [-0.15, -0.1) is 0 Å². The SMILES string of the molecule is CC(=O)c1ccccc1NC(=O)CN(C)Cc1ccccc1Br. The van der Waals surface area contributed by atoms with E-state index in [2.05, 4.69) is 21.2 Å². The summed E-state index contributed by atoms with van der Waals surface area (Å²) in [5.41, 5.74) is 2.19. The van der Waals surface area contributed by atoms with Crippen molar-refractivity contribution in [1.29, 1.82) is 0 Å². The third-order valence-electron chi connectivity index (χ3n) is 3.39. The molecule has 0 heterocycles. The topological polar surface area (TPSA) is 49.4 Å². The normalized spacial score (nSPS) is 10.6. The van der Waals surface area contributed by atoms with Gasteiger partial charge < -0.3 is 5.32 Å². The number of rotatable bonds is 6. The lowest BCUT2D eigenvalue weighted by Crippen LogP contribution is -2.30. The number of likely N-dealkylation sites (N-methyl/N-ethyl adjacent to an activating group) is 1. The Morgan fingerprint density at radius 3 is 2.43 bits per heavy atom. The van der Waals surface area contributed by atoms with E-state index >= 15 is 0 Å². The quantitative estimate of drug-likeness (QED) is 0.783. The molecule has 1 amide bonds. The number of Topliss-reactive ketones (excluding diaryl/α,β-unsaturated/α-hetero) is 1. The first-order valence-corrected chi connectivity index (χ1v) is 8.08. The third-order valence-corrected chi connectivity index (χ3v) is 4.17. The zero-order chi connectivity index (χ0) is 16.8. The van der Waals surface area contributed by atoms with Crippen LogP contribution in [0.2, 0.25) is 0 Å². The van der Waals surface area contributed by atoms with Gasteiger partial charge in [-0.05, 0) is 37.7 Å². The highest BCUT2D eigenvalue weighted by atomic mass is 79.9. The predicted octanol–water partition coefficient (Wildman–Crippen LogP) is 3.72. The van der Waals surface area contributed by atoms with Crippen LogP contribution in [0.4, 0.5) is 5.69 Å². The van der Waals surface area contributed by atoms with E-state index in [9.17, 15) is 9.59 Å². The van der Waals surface area contributed by atoms with E-state index in [-0.39, 0.29) is 18.2 Å². The van der Waals surface area contributed by atoms with Gasteiger partial charge in [-0.1, -0.05) is 46.3 Å². The maximum atomic E-state index is 12.2. The van der Waals surface area contributed by atoms with Crippen LogP contribution < -0.4 is 5.32 Å². The minimum absolute atomic E-state index is 0.0672. The minimum Gasteiger partial charge on any atom is -0.324 e. The number of halogens is 1. The van der Waals surface area contributed by atoms with E-state index < -0.39 is 0 Å². The summed E-state index contributed by atoms with van der Waals surface area (Å²) in [6.45, 7) is 2.39. The number of anilines is 1. The molecule has 0 aromatic heterocycles. The Hall–Kier alpha value is -1.98. The summed E-state index contributed by atoms with van der Waals surface area (Å²) in [5.74, 6) is -0.212. The molecule has 0 aliphatic rings. The summed E-state index contributed by atoms with van der Waals surface area (Å²) in [6.07, 6.45) is 0. The lowest BCUT2D eigenvalue weighted by atomic mass is 10.1. The average molecular weight is 375 g/mol. The molecule has 2 aromatic carbocycles. The van der Waals surface area contributed by atoms with Crippen LogP contribution in [0.1, 0.15) is 22.8 Å². The zero-order valence-electron chi connectivity index (χ0n) is 13.2. The number of nitrogens with zero attached hydrogens (tertiary/aromatic N) is 1. The number of benzene rings is 2. The molecule has 120 valence electrons. The third kappa shape index (κ3) is 5.01. The van der Waals surface area contributed by atoms with Crippen LogP contribution in [-0.4, -0.2) is 30.2 Å². The molecule has 0 radical (unpaired) electrons. The molecule has 2 rings (SSSR count). The number of nitrogens with one attached hydrogen (secondary N) is 1. The second-order valence-electron chi connectivity index (χ2n) is 5.41. The molecule has 0 atom stereocenters. The van der Waals surface area contributed by atoms with Crippen LogP contribution >= 0.6 is 15.9 Å². The van der Waals surface area contributed by atoms with Crippen molar-refractivity contribution in [2.45, 2.75) is 13.5 Å². The fourth-order valence-electron chi connectivity index (χ4n) is 2.31. The van der Waals surface area contributed by atoms with E-state index in [0.29, 0.717) is 17.8 Å². The largest absolute Gasteiger partial charge is 0.324 e. The van der Waals surface area contributed by atoms with Crippen LogP contribution in [0.25, 0.3) is 0 Å². The Balaban J connectivity index is 1.97. The first-order chi connectivity index (χ1) is 11.0. The molecule has 1 N–H and O–H groups in total. The van der Waals surface area contributed by atoms with Gasteiger partial charge in [0.1, 0.15) is 0 Å². The van der Waals surface area contributed by atoms with E-state index in [1.807, 2.05) is 36.2 Å². The van der Waals surface area contributed by atoms with Gasteiger partial charge in [0, 0.05) is 16.6 Å². The van der Waals surface area contributed by atoms with Crippen molar-refractivity contribution in [3.05, 3.63) is 64.1 Å². The van der Waals surface area contributed by atoms with Crippen molar-refractivity contribution in [2.75, 3.05) is 18.9 Å². The molecule has 23 heavy (non-hydrogen) atoms.